The lowest BCUT2D eigenvalue weighted by atomic mass is 10.0. The molecular formula is C18H13ClF5N3O4. The number of nitrogens with one attached hydrogen (secondary N) is 2. The van der Waals surface area contributed by atoms with E-state index in [1.165, 1.54) is 6.07 Å². The number of hydrogen-bond acceptors (Lipinski definition) is 5. The lowest BCUT2D eigenvalue weighted by Crippen LogP contribution is -2.39. The van der Waals surface area contributed by atoms with Gasteiger partial charge in [-0.05, 0) is 29.8 Å². The Balaban J connectivity index is 1.94. The van der Waals surface area contributed by atoms with Crippen LogP contribution in [0.25, 0.3) is 0 Å². The molecule has 1 aromatic carbocycles. The summed E-state index contributed by atoms with van der Waals surface area (Å²) in [6.45, 7) is -1.91. The summed E-state index contributed by atoms with van der Waals surface area (Å²) < 4.78 is 73.9. The normalized spacial score (nSPS) is 17.0. The largest absolute Gasteiger partial charge is 0.466 e. The predicted octanol–water partition coefficient (Wildman–Crippen LogP) is 3.27. The number of halogens is 6. The second-order valence-electron chi connectivity index (χ2n) is 6.32. The second-order valence-corrected chi connectivity index (χ2v) is 6.72. The van der Waals surface area contributed by atoms with Gasteiger partial charge < -0.3 is 20.1 Å². The van der Waals surface area contributed by atoms with Crippen LogP contribution < -0.4 is 15.4 Å². The number of carbonyl (C=O) groups excluding carboxylic acids is 2. The summed E-state index contributed by atoms with van der Waals surface area (Å²) >= 11 is 5.79. The zero-order chi connectivity index (χ0) is 22.8. The average Bonchev–Trinajstić information content (AvgIpc) is 3.13. The Bertz CT molecular complexity index is 1000. The average molecular weight is 466 g/mol. The number of ether oxygens (including phenoxy) is 2. The molecule has 2 atom stereocenters. The molecule has 1 fully saturated rings. The van der Waals surface area contributed by atoms with Crippen molar-refractivity contribution >= 4 is 23.6 Å². The number of cyclic esters (lactones) is 1. The molecule has 0 aliphatic carbocycles. The van der Waals surface area contributed by atoms with Gasteiger partial charge in [-0.15, -0.1) is 0 Å². The van der Waals surface area contributed by atoms with Crippen LogP contribution in [0, 0.1) is 11.6 Å². The minimum absolute atomic E-state index is 0.127. The molecule has 1 saturated heterocycles. The molecule has 0 unspecified atom stereocenters. The third-order valence-electron chi connectivity index (χ3n) is 4.04. The van der Waals surface area contributed by atoms with Crippen LogP contribution in [-0.4, -0.2) is 42.4 Å². The van der Waals surface area contributed by atoms with Crippen LogP contribution in [0.2, 0.25) is 5.02 Å². The zero-order valence-electron chi connectivity index (χ0n) is 15.3. The van der Waals surface area contributed by atoms with Gasteiger partial charge in [-0.1, -0.05) is 17.7 Å². The summed E-state index contributed by atoms with van der Waals surface area (Å²) in [6.07, 6.45) is -6.75. The molecular weight excluding hydrogens is 453 g/mol. The summed E-state index contributed by atoms with van der Waals surface area (Å²) in [5, 5.41) is 4.46. The first kappa shape index (κ1) is 22.5. The summed E-state index contributed by atoms with van der Waals surface area (Å²) in [6, 6.07) is 4.08. The van der Waals surface area contributed by atoms with Gasteiger partial charge in [-0.2, -0.15) is 13.2 Å². The van der Waals surface area contributed by atoms with Gasteiger partial charge in [0, 0.05) is 0 Å². The van der Waals surface area contributed by atoms with Crippen molar-refractivity contribution in [1.82, 2.24) is 15.6 Å². The fourth-order valence-corrected chi connectivity index (χ4v) is 2.83. The monoisotopic (exact) mass is 465 g/mol. The molecule has 3 rings (SSSR count). The van der Waals surface area contributed by atoms with Crippen LogP contribution in [-0.2, 0) is 9.53 Å². The van der Waals surface area contributed by atoms with Gasteiger partial charge in [-0.25, -0.2) is 18.6 Å². The van der Waals surface area contributed by atoms with E-state index in [4.69, 9.17) is 16.3 Å². The van der Waals surface area contributed by atoms with E-state index in [0.717, 1.165) is 24.3 Å². The van der Waals surface area contributed by atoms with E-state index in [1.807, 2.05) is 0 Å². The number of pyridine rings is 1. The molecule has 13 heteroatoms. The Morgan fingerprint density at radius 2 is 2.00 bits per heavy atom. The molecule has 2 amide bonds. The van der Waals surface area contributed by atoms with Crippen LogP contribution in [0.4, 0.5) is 26.7 Å². The van der Waals surface area contributed by atoms with Gasteiger partial charge in [0.2, 0.25) is 0 Å². The summed E-state index contributed by atoms with van der Waals surface area (Å²) in [5.41, 5.74) is 0.0461. The van der Waals surface area contributed by atoms with Gasteiger partial charge in [-0.3, -0.25) is 4.79 Å². The molecule has 31 heavy (non-hydrogen) atoms. The first-order chi connectivity index (χ1) is 14.5. The number of alkyl halides is 3. The number of nitrogens with zero attached hydrogens (tertiary/aromatic N) is 1. The molecule has 0 bridgehead atoms. The molecule has 2 aromatic rings. The Morgan fingerprint density at radius 1 is 1.29 bits per heavy atom. The fourth-order valence-electron chi connectivity index (χ4n) is 2.64. The molecule has 7 nitrogen and oxygen atoms in total. The first-order valence-electron chi connectivity index (χ1n) is 8.59. The SMILES string of the molecule is O=C1NC[C@@H](C(=O)N[C@H](c2ccc(F)c(Cl)c2)c2ccc(F)c(OCC(F)(F)F)n2)O1. The lowest BCUT2D eigenvalue weighted by molar-refractivity contribution is -0.154. The van der Waals surface area contributed by atoms with E-state index >= 15 is 0 Å². The molecule has 2 N–H and O–H groups in total. The zero-order valence-corrected chi connectivity index (χ0v) is 16.1. The summed E-state index contributed by atoms with van der Waals surface area (Å²) in [7, 11) is 0. The maximum absolute atomic E-state index is 13.9. The summed E-state index contributed by atoms with van der Waals surface area (Å²) in [4.78, 5) is 27.4. The van der Waals surface area contributed by atoms with Crippen LogP contribution >= 0.6 is 11.6 Å². The van der Waals surface area contributed by atoms with Crippen molar-refractivity contribution in [3.8, 4) is 5.88 Å². The third kappa shape index (κ3) is 5.72. The van der Waals surface area contributed by atoms with Gasteiger partial charge in [0.05, 0.1) is 23.3 Å². The Hall–Kier alpha value is -3.15. The van der Waals surface area contributed by atoms with Gasteiger partial charge in [0.15, 0.2) is 18.5 Å². The number of hydrogen-bond donors (Lipinski definition) is 2. The predicted molar refractivity (Wildman–Crippen MR) is 95.4 cm³/mol. The van der Waals surface area contributed by atoms with Gasteiger partial charge >= 0.3 is 12.3 Å². The van der Waals surface area contributed by atoms with E-state index in [-0.39, 0.29) is 22.8 Å². The van der Waals surface area contributed by atoms with Crippen LogP contribution in [0.3, 0.4) is 0 Å². The number of benzene rings is 1. The van der Waals surface area contributed by atoms with Crippen molar-refractivity contribution in [2.24, 2.45) is 0 Å². The number of rotatable bonds is 6. The third-order valence-corrected chi connectivity index (χ3v) is 4.33. The van der Waals surface area contributed by atoms with Crippen molar-refractivity contribution in [3.63, 3.8) is 0 Å². The van der Waals surface area contributed by atoms with Crippen molar-refractivity contribution in [1.29, 1.82) is 0 Å². The molecule has 166 valence electrons. The van der Waals surface area contributed by atoms with Crippen LogP contribution in [0.1, 0.15) is 17.3 Å². The van der Waals surface area contributed by atoms with Crippen LogP contribution in [0.15, 0.2) is 30.3 Å². The molecule has 0 saturated carbocycles. The van der Waals surface area contributed by atoms with Crippen molar-refractivity contribution in [2.45, 2.75) is 18.3 Å². The minimum atomic E-state index is -4.73. The Morgan fingerprint density at radius 3 is 2.61 bits per heavy atom. The smallest absolute Gasteiger partial charge is 0.422 e. The Kier molecular flexibility index (Phi) is 6.48. The topological polar surface area (TPSA) is 89.6 Å². The van der Waals surface area contributed by atoms with Crippen molar-refractivity contribution in [2.75, 3.05) is 13.2 Å². The van der Waals surface area contributed by atoms with E-state index in [0.29, 0.717) is 0 Å². The molecule has 1 aromatic heterocycles. The van der Waals surface area contributed by atoms with Gasteiger partial charge in [0.25, 0.3) is 11.8 Å². The highest BCUT2D eigenvalue weighted by atomic mass is 35.5. The number of carbonyl (C=O) groups is 2. The molecule has 1 aliphatic rings. The maximum Gasteiger partial charge on any atom is 0.422 e. The molecule has 2 heterocycles. The number of aromatic nitrogens is 1. The van der Waals surface area contributed by atoms with Gasteiger partial charge in [0.1, 0.15) is 5.82 Å². The summed E-state index contributed by atoms with van der Waals surface area (Å²) in [5.74, 6) is -3.65. The number of alkyl carbamates (subject to hydrolysis) is 1. The highest BCUT2D eigenvalue weighted by molar-refractivity contribution is 6.30. The maximum atomic E-state index is 13.9. The van der Waals surface area contributed by atoms with E-state index in [9.17, 15) is 31.5 Å². The number of amides is 2. The first-order valence-corrected chi connectivity index (χ1v) is 8.97. The molecule has 1 aliphatic heterocycles. The quantitative estimate of drug-likeness (QED) is 0.639. The standard InChI is InChI=1S/C18H13ClF5N3O4/c19-9-5-8(1-2-10(9)20)14(27-15(28)13-6-25-17(29)31-13)12-4-3-11(21)16(26-12)30-7-18(22,23)24/h1-5,13-14H,6-7H2,(H,25,29)(H,27,28)/t13-,14+/m0/s1. The molecule has 0 spiro atoms. The Labute approximate surface area is 176 Å². The van der Waals surface area contributed by atoms with E-state index in [2.05, 4.69) is 20.4 Å². The minimum Gasteiger partial charge on any atom is -0.466 e. The van der Waals surface area contributed by atoms with Crippen LogP contribution in [0.5, 0.6) is 5.88 Å². The van der Waals surface area contributed by atoms with Crippen molar-refractivity contribution in [3.05, 3.63) is 58.2 Å². The second kappa shape index (κ2) is 8.92. The lowest BCUT2D eigenvalue weighted by Gasteiger charge is -2.21. The van der Waals surface area contributed by atoms with Crippen molar-refractivity contribution < 1.29 is 41.0 Å². The highest BCUT2D eigenvalue weighted by Gasteiger charge is 2.33. The van der Waals surface area contributed by atoms with E-state index in [1.54, 1.807) is 0 Å². The molecule has 0 radical (unpaired) electrons. The fraction of sp³-hybridized carbons (Fsp3) is 0.278. The highest BCUT2D eigenvalue weighted by Crippen LogP contribution is 2.28. The van der Waals surface area contributed by atoms with E-state index < -0.39 is 54.4 Å².